The Bertz CT molecular complexity index is 996. The molecule has 1 fully saturated rings. The van der Waals surface area contributed by atoms with E-state index in [0.717, 1.165) is 11.3 Å². The van der Waals surface area contributed by atoms with Crippen LogP contribution in [0.4, 0.5) is 5.82 Å². The summed E-state index contributed by atoms with van der Waals surface area (Å²) in [6.45, 7) is 1.59. The van der Waals surface area contributed by atoms with Crippen LogP contribution in [-0.4, -0.2) is 66.9 Å². The summed E-state index contributed by atoms with van der Waals surface area (Å²) in [4.78, 5) is 12.9. The van der Waals surface area contributed by atoms with Crippen LogP contribution in [0, 0.1) is 0 Å². The summed E-state index contributed by atoms with van der Waals surface area (Å²) in [7, 11) is 1.62. The Hall–Kier alpha value is -2.79. The lowest BCUT2D eigenvalue weighted by molar-refractivity contribution is -0.0511. The standard InChI is InChI=1S/C19H23N5O5/c1-10(11-4-3-5-12(6-11)28-2)23-17-14-18(21-8-20-17)24(9-22-14)19-16(27)15(26)13(7-25)29-19/h3-6,8-10,13,15-16,19,25-27H,7H2,1-2H3,(H,20,21,23)/t10-,13-,15?,16+,19-/m1/s1. The van der Waals surface area contributed by atoms with E-state index in [2.05, 4.69) is 20.3 Å². The van der Waals surface area contributed by atoms with Crippen LogP contribution >= 0.6 is 0 Å². The molecule has 0 bridgehead atoms. The van der Waals surface area contributed by atoms with Gasteiger partial charge in [-0.1, -0.05) is 12.1 Å². The van der Waals surface area contributed by atoms with E-state index in [1.54, 1.807) is 7.11 Å². The van der Waals surface area contributed by atoms with Crippen LogP contribution in [0.1, 0.15) is 24.8 Å². The fourth-order valence-electron chi connectivity index (χ4n) is 3.45. The highest BCUT2D eigenvalue weighted by Gasteiger charge is 2.44. The fourth-order valence-corrected chi connectivity index (χ4v) is 3.45. The highest BCUT2D eigenvalue weighted by molar-refractivity contribution is 5.82. The Kier molecular flexibility index (Phi) is 5.33. The fraction of sp³-hybridized carbons (Fsp3) is 0.421. The molecule has 1 aliphatic rings. The summed E-state index contributed by atoms with van der Waals surface area (Å²) >= 11 is 0. The zero-order valence-electron chi connectivity index (χ0n) is 16.0. The van der Waals surface area contributed by atoms with E-state index < -0.39 is 31.1 Å². The van der Waals surface area contributed by atoms with Gasteiger partial charge in [0, 0.05) is 0 Å². The number of anilines is 1. The highest BCUT2D eigenvalue weighted by atomic mass is 16.6. The smallest absolute Gasteiger partial charge is 0.167 e. The molecule has 3 heterocycles. The first-order valence-electron chi connectivity index (χ1n) is 9.24. The summed E-state index contributed by atoms with van der Waals surface area (Å²) < 4.78 is 12.4. The first-order chi connectivity index (χ1) is 14.0. The van der Waals surface area contributed by atoms with Crippen molar-refractivity contribution in [1.29, 1.82) is 0 Å². The van der Waals surface area contributed by atoms with Crippen molar-refractivity contribution in [2.75, 3.05) is 19.0 Å². The third kappa shape index (κ3) is 3.51. The molecule has 1 saturated heterocycles. The van der Waals surface area contributed by atoms with Gasteiger partial charge in [-0.2, -0.15) is 0 Å². The van der Waals surface area contributed by atoms with Gasteiger partial charge in [0.05, 0.1) is 26.1 Å². The van der Waals surface area contributed by atoms with E-state index in [1.807, 2.05) is 31.2 Å². The van der Waals surface area contributed by atoms with Gasteiger partial charge in [-0.15, -0.1) is 0 Å². The number of aliphatic hydroxyl groups is 3. The van der Waals surface area contributed by atoms with E-state index in [9.17, 15) is 15.3 Å². The summed E-state index contributed by atoms with van der Waals surface area (Å²) in [6, 6.07) is 7.63. The molecular weight excluding hydrogens is 378 g/mol. The Morgan fingerprint density at radius 1 is 1.24 bits per heavy atom. The number of methoxy groups -OCH3 is 1. The quantitative estimate of drug-likeness (QED) is 0.469. The first kappa shape index (κ1) is 19.5. The van der Waals surface area contributed by atoms with Crippen LogP contribution < -0.4 is 10.1 Å². The minimum absolute atomic E-state index is 0.0812. The second-order valence-electron chi connectivity index (χ2n) is 6.92. The predicted molar refractivity (Wildman–Crippen MR) is 103 cm³/mol. The molecule has 10 nitrogen and oxygen atoms in total. The van der Waals surface area contributed by atoms with Gasteiger partial charge < -0.3 is 30.1 Å². The Labute approximate surface area is 166 Å². The zero-order chi connectivity index (χ0) is 20.5. The van der Waals surface area contributed by atoms with Crippen LogP contribution in [-0.2, 0) is 4.74 Å². The van der Waals surface area contributed by atoms with Gasteiger partial charge in [-0.25, -0.2) is 15.0 Å². The minimum Gasteiger partial charge on any atom is -0.497 e. The van der Waals surface area contributed by atoms with Crippen LogP contribution in [0.15, 0.2) is 36.9 Å². The van der Waals surface area contributed by atoms with Gasteiger partial charge in [0.25, 0.3) is 0 Å². The number of imidazole rings is 1. The molecule has 3 aromatic rings. The molecule has 29 heavy (non-hydrogen) atoms. The Morgan fingerprint density at radius 2 is 2.07 bits per heavy atom. The molecule has 0 radical (unpaired) electrons. The molecule has 1 unspecified atom stereocenters. The van der Waals surface area contributed by atoms with E-state index in [0.29, 0.717) is 17.0 Å². The number of nitrogens with one attached hydrogen (secondary N) is 1. The number of fused-ring (bicyclic) bond motifs is 1. The molecule has 1 aliphatic heterocycles. The summed E-state index contributed by atoms with van der Waals surface area (Å²) in [5.74, 6) is 1.29. The van der Waals surface area contributed by atoms with Crippen molar-refractivity contribution < 1.29 is 24.8 Å². The molecule has 2 aromatic heterocycles. The van der Waals surface area contributed by atoms with E-state index in [4.69, 9.17) is 9.47 Å². The summed E-state index contributed by atoms with van der Waals surface area (Å²) in [5, 5.41) is 32.9. The lowest BCUT2D eigenvalue weighted by Crippen LogP contribution is -2.33. The molecule has 0 amide bonds. The summed E-state index contributed by atoms with van der Waals surface area (Å²) in [6.07, 6.45) is -1.34. The van der Waals surface area contributed by atoms with Crippen LogP contribution in [0.5, 0.6) is 5.75 Å². The number of rotatable bonds is 6. The third-order valence-electron chi connectivity index (χ3n) is 5.10. The molecule has 1 aromatic carbocycles. The second kappa shape index (κ2) is 7.91. The van der Waals surface area contributed by atoms with Crippen molar-refractivity contribution in [3.8, 4) is 5.75 Å². The maximum atomic E-state index is 10.3. The number of hydrogen-bond acceptors (Lipinski definition) is 9. The van der Waals surface area contributed by atoms with E-state index in [1.165, 1.54) is 17.2 Å². The Balaban J connectivity index is 1.62. The molecule has 0 aliphatic carbocycles. The molecular formula is C19H23N5O5. The van der Waals surface area contributed by atoms with Crippen molar-refractivity contribution in [3.05, 3.63) is 42.5 Å². The van der Waals surface area contributed by atoms with Crippen LogP contribution in [0.2, 0.25) is 0 Å². The molecule has 0 saturated carbocycles. The number of ether oxygens (including phenoxy) is 2. The largest absolute Gasteiger partial charge is 0.497 e. The van der Waals surface area contributed by atoms with Crippen molar-refractivity contribution in [2.24, 2.45) is 0 Å². The average molecular weight is 401 g/mol. The Morgan fingerprint density at radius 3 is 2.79 bits per heavy atom. The number of nitrogens with zero attached hydrogens (tertiary/aromatic N) is 4. The van der Waals surface area contributed by atoms with Gasteiger partial charge in [-0.05, 0) is 24.6 Å². The molecule has 10 heteroatoms. The van der Waals surface area contributed by atoms with Gasteiger partial charge >= 0.3 is 0 Å². The number of benzene rings is 1. The van der Waals surface area contributed by atoms with Crippen molar-refractivity contribution in [2.45, 2.75) is 37.5 Å². The number of aliphatic hydroxyl groups excluding tert-OH is 3. The lowest BCUT2D eigenvalue weighted by atomic mass is 10.1. The predicted octanol–water partition coefficient (Wildman–Crippen LogP) is 0.619. The van der Waals surface area contributed by atoms with Crippen LogP contribution in [0.3, 0.4) is 0 Å². The maximum Gasteiger partial charge on any atom is 0.167 e. The molecule has 4 N–H and O–H groups in total. The SMILES string of the molecule is COc1cccc([C@@H](C)Nc2ncnc3c2ncn3[C@@H]2O[C@H](CO)C(O)[C@@H]2O)c1. The first-order valence-corrected chi connectivity index (χ1v) is 9.24. The van der Waals surface area contributed by atoms with Gasteiger partial charge in [0.1, 0.15) is 30.4 Å². The minimum atomic E-state index is -1.22. The van der Waals surface area contributed by atoms with Gasteiger partial charge in [-0.3, -0.25) is 4.57 Å². The average Bonchev–Trinajstić information content (AvgIpc) is 3.30. The third-order valence-corrected chi connectivity index (χ3v) is 5.10. The zero-order valence-corrected chi connectivity index (χ0v) is 16.0. The molecule has 5 atom stereocenters. The number of aromatic nitrogens is 4. The maximum absolute atomic E-state index is 10.3. The monoisotopic (exact) mass is 401 g/mol. The van der Waals surface area contributed by atoms with Crippen molar-refractivity contribution in [1.82, 2.24) is 19.5 Å². The second-order valence-corrected chi connectivity index (χ2v) is 6.92. The highest BCUT2D eigenvalue weighted by Crippen LogP contribution is 2.32. The summed E-state index contributed by atoms with van der Waals surface area (Å²) in [5.41, 5.74) is 1.95. The van der Waals surface area contributed by atoms with Crippen molar-refractivity contribution >= 4 is 17.0 Å². The molecule has 0 spiro atoms. The van der Waals surface area contributed by atoms with E-state index in [-0.39, 0.29) is 6.04 Å². The van der Waals surface area contributed by atoms with Gasteiger partial charge in [0.15, 0.2) is 23.2 Å². The lowest BCUT2D eigenvalue weighted by Gasteiger charge is -2.17. The van der Waals surface area contributed by atoms with E-state index >= 15 is 0 Å². The molecule has 4 rings (SSSR count). The molecule has 154 valence electrons. The number of hydrogen-bond donors (Lipinski definition) is 4. The topological polar surface area (TPSA) is 135 Å². The van der Waals surface area contributed by atoms with Gasteiger partial charge in [0.2, 0.25) is 0 Å². The van der Waals surface area contributed by atoms with Crippen LogP contribution in [0.25, 0.3) is 11.2 Å². The van der Waals surface area contributed by atoms with Crippen molar-refractivity contribution in [3.63, 3.8) is 0 Å². The normalized spacial score (nSPS) is 25.3.